The van der Waals surface area contributed by atoms with E-state index in [1.54, 1.807) is 18.4 Å². The molecule has 20 heavy (non-hydrogen) atoms. The highest BCUT2D eigenvalue weighted by Crippen LogP contribution is 2.39. The van der Waals surface area contributed by atoms with Crippen molar-refractivity contribution in [2.24, 2.45) is 0 Å². The molecule has 1 atom stereocenters. The van der Waals surface area contributed by atoms with E-state index in [4.69, 9.17) is 4.74 Å². The summed E-state index contributed by atoms with van der Waals surface area (Å²) in [5.41, 5.74) is 4.90. The number of hydrogen-bond donors (Lipinski definition) is 1. The van der Waals surface area contributed by atoms with Gasteiger partial charge in [-0.05, 0) is 87.1 Å². The van der Waals surface area contributed by atoms with Gasteiger partial charge in [-0.3, -0.25) is 0 Å². The largest absolute Gasteiger partial charge is 0.496 e. The molecule has 0 saturated heterocycles. The highest BCUT2D eigenvalue weighted by molar-refractivity contribution is 9.12. The van der Waals surface area contributed by atoms with Crippen LogP contribution in [0.4, 0.5) is 0 Å². The van der Waals surface area contributed by atoms with Crippen LogP contribution in [0.3, 0.4) is 0 Å². The first-order valence-electron chi connectivity index (χ1n) is 6.25. The maximum Gasteiger partial charge on any atom is 0.122 e. The third-order valence-corrected chi connectivity index (χ3v) is 5.76. The van der Waals surface area contributed by atoms with Gasteiger partial charge in [0.2, 0.25) is 0 Å². The zero-order valence-corrected chi connectivity index (χ0v) is 15.9. The summed E-state index contributed by atoms with van der Waals surface area (Å²) in [6.07, 6.45) is 0. The first-order valence-corrected chi connectivity index (χ1v) is 8.65. The van der Waals surface area contributed by atoms with Crippen LogP contribution in [-0.2, 0) is 0 Å². The number of rotatable bonds is 4. The number of ether oxygens (including phenoxy) is 1. The average molecular weight is 419 g/mol. The standard InChI is InChI=1S/C15H17Br2NOS/c1-8-6-12(19-4)9(2)5-10(8)14(18-3)11-7-13(16)20-15(11)17/h5-7,14,18H,1-4H3. The van der Waals surface area contributed by atoms with E-state index in [0.29, 0.717) is 0 Å². The number of thiophene rings is 1. The Morgan fingerprint density at radius 2 is 1.80 bits per heavy atom. The second-order valence-electron chi connectivity index (χ2n) is 4.68. The molecule has 0 radical (unpaired) electrons. The predicted molar refractivity (Wildman–Crippen MR) is 93.1 cm³/mol. The van der Waals surface area contributed by atoms with Crippen LogP contribution in [0.1, 0.15) is 28.3 Å². The summed E-state index contributed by atoms with van der Waals surface area (Å²) in [4.78, 5) is 0. The Kier molecular flexibility index (Phi) is 5.29. The maximum atomic E-state index is 5.39. The van der Waals surface area contributed by atoms with Gasteiger partial charge in [0, 0.05) is 0 Å². The fourth-order valence-electron chi connectivity index (χ4n) is 2.37. The Morgan fingerprint density at radius 1 is 1.10 bits per heavy atom. The van der Waals surface area contributed by atoms with Crippen molar-refractivity contribution in [1.82, 2.24) is 5.32 Å². The van der Waals surface area contributed by atoms with E-state index >= 15 is 0 Å². The summed E-state index contributed by atoms with van der Waals surface area (Å²) in [5, 5.41) is 3.41. The minimum absolute atomic E-state index is 0.163. The monoisotopic (exact) mass is 417 g/mol. The molecular weight excluding hydrogens is 402 g/mol. The second kappa shape index (κ2) is 6.60. The molecule has 108 valence electrons. The summed E-state index contributed by atoms with van der Waals surface area (Å²) in [6.45, 7) is 4.20. The number of methoxy groups -OCH3 is 1. The lowest BCUT2D eigenvalue weighted by molar-refractivity contribution is 0.411. The third kappa shape index (κ3) is 3.11. The van der Waals surface area contributed by atoms with Crippen LogP contribution in [0.5, 0.6) is 5.75 Å². The number of aryl methyl sites for hydroxylation is 2. The molecular formula is C15H17Br2NOS. The molecule has 0 bridgehead atoms. The molecule has 5 heteroatoms. The van der Waals surface area contributed by atoms with Gasteiger partial charge in [0.15, 0.2) is 0 Å². The molecule has 2 aromatic rings. The fourth-order valence-corrected chi connectivity index (χ4v) is 5.27. The highest BCUT2D eigenvalue weighted by Gasteiger charge is 2.20. The molecule has 0 saturated carbocycles. The Bertz CT molecular complexity index is 625. The lowest BCUT2D eigenvalue weighted by Crippen LogP contribution is -2.18. The zero-order chi connectivity index (χ0) is 14.9. The summed E-state index contributed by atoms with van der Waals surface area (Å²) < 4.78 is 7.67. The molecule has 0 fully saturated rings. The van der Waals surface area contributed by atoms with E-state index in [1.807, 2.05) is 7.05 Å². The van der Waals surface area contributed by atoms with Crippen LogP contribution >= 0.6 is 43.2 Å². The van der Waals surface area contributed by atoms with Crippen LogP contribution < -0.4 is 10.1 Å². The minimum atomic E-state index is 0.163. The molecule has 0 aliphatic heterocycles. The number of benzene rings is 1. The first-order chi connectivity index (χ1) is 9.47. The van der Waals surface area contributed by atoms with Crippen molar-refractivity contribution in [3.05, 3.63) is 48.0 Å². The minimum Gasteiger partial charge on any atom is -0.496 e. The molecule has 1 unspecified atom stereocenters. The summed E-state index contributed by atoms with van der Waals surface area (Å²) >= 11 is 8.89. The van der Waals surface area contributed by atoms with Gasteiger partial charge >= 0.3 is 0 Å². The Balaban J connectivity index is 2.52. The lowest BCUT2D eigenvalue weighted by atomic mass is 9.95. The summed E-state index contributed by atoms with van der Waals surface area (Å²) in [7, 11) is 3.70. The van der Waals surface area contributed by atoms with E-state index in [0.717, 1.165) is 18.9 Å². The molecule has 1 aromatic heterocycles. The number of nitrogens with one attached hydrogen (secondary N) is 1. The molecule has 0 aliphatic rings. The van der Waals surface area contributed by atoms with Crippen molar-refractivity contribution in [2.75, 3.05) is 14.2 Å². The Hall–Kier alpha value is -0.360. The van der Waals surface area contributed by atoms with Crippen LogP contribution in [0, 0.1) is 13.8 Å². The first kappa shape index (κ1) is 16.0. The molecule has 2 rings (SSSR count). The van der Waals surface area contributed by atoms with Crippen LogP contribution in [-0.4, -0.2) is 14.2 Å². The predicted octanol–water partition coefficient (Wildman–Crippen LogP) is 5.21. The molecule has 1 aromatic carbocycles. The maximum absolute atomic E-state index is 5.39. The van der Waals surface area contributed by atoms with Crippen molar-refractivity contribution in [1.29, 1.82) is 0 Å². The molecule has 2 nitrogen and oxygen atoms in total. The molecule has 0 aliphatic carbocycles. The van der Waals surface area contributed by atoms with Crippen molar-refractivity contribution in [3.63, 3.8) is 0 Å². The second-order valence-corrected chi connectivity index (χ2v) is 8.43. The molecule has 0 spiro atoms. The van der Waals surface area contributed by atoms with Crippen LogP contribution in [0.2, 0.25) is 0 Å². The normalized spacial score (nSPS) is 12.5. The van der Waals surface area contributed by atoms with Gasteiger partial charge in [-0.15, -0.1) is 11.3 Å². The van der Waals surface area contributed by atoms with Gasteiger partial charge in [-0.25, -0.2) is 0 Å². The van der Waals surface area contributed by atoms with E-state index < -0.39 is 0 Å². The van der Waals surface area contributed by atoms with E-state index in [1.165, 1.54) is 16.7 Å². The van der Waals surface area contributed by atoms with Gasteiger partial charge in [-0.2, -0.15) is 0 Å². The van der Waals surface area contributed by atoms with Gasteiger partial charge in [0.25, 0.3) is 0 Å². The summed E-state index contributed by atoms with van der Waals surface area (Å²) in [5.74, 6) is 0.937. The topological polar surface area (TPSA) is 21.3 Å². The third-order valence-electron chi connectivity index (χ3n) is 3.38. The number of hydrogen-bond acceptors (Lipinski definition) is 3. The van der Waals surface area contributed by atoms with Crippen molar-refractivity contribution < 1.29 is 4.74 Å². The van der Waals surface area contributed by atoms with Gasteiger partial charge < -0.3 is 10.1 Å². The quantitative estimate of drug-likeness (QED) is 0.735. The SMILES string of the molecule is CNC(c1cc(C)c(OC)cc1C)c1cc(Br)sc1Br. The van der Waals surface area contributed by atoms with Gasteiger partial charge in [0.1, 0.15) is 5.75 Å². The fraction of sp³-hybridized carbons (Fsp3) is 0.333. The van der Waals surface area contributed by atoms with Crippen molar-refractivity contribution in [3.8, 4) is 5.75 Å². The van der Waals surface area contributed by atoms with Gasteiger partial charge in [0.05, 0.1) is 20.7 Å². The van der Waals surface area contributed by atoms with Crippen LogP contribution in [0.15, 0.2) is 25.8 Å². The average Bonchev–Trinajstić information content (AvgIpc) is 2.73. The molecule has 0 amide bonds. The van der Waals surface area contributed by atoms with Crippen molar-refractivity contribution in [2.45, 2.75) is 19.9 Å². The van der Waals surface area contributed by atoms with E-state index in [2.05, 4.69) is 69.2 Å². The zero-order valence-electron chi connectivity index (χ0n) is 11.9. The Labute approximate surface area is 140 Å². The van der Waals surface area contributed by atoms with Crippen molar-refractivity contribution >= 4 is 43.2 Å². The lowest BCUT2D eigenvalue weighted by Gasteiger charge is -2.20. The molecule has 1 heterocycles. The van der Waals surface area contributed by atoms with E-state index in [-0.39, 0.29) is 6.04 Å². The van der Waals surface area contributed by atoms with Gasteiger partial charge in [-0.1, -0.05) is 6.07 Å². The Morgan fingerprint density at radius 3 is 2.30 bits per heavy atom. The highest BCUT2D eigenvalue weighted by atomic mass is 79.9. The van der Waals surface area contributed by atoms with E-state index in [9.17, 15) is 0 Å². The smallest absolute Gasteiger partial charge is 0.122 e. The van der Waals surface area contributed by atoms with Crippen LogP contribution in [0.25, 0.3) is 0 Å². The number of halogens is 2. The summed E-state index contributed by atoms with van der Waals surface area (Å²) in [6, 6.07) is 6.63. The molecule has 1 N–H and O–H groups in total.